The molecule has 3 rings (SSSR count). The summed E-state index contributed by atoms with van der Waals surface area (Å²) in [4.78, 5) is 42.6. The van der Waals surface area contributed by atoms with Gasteiger partial charge in [-0.1, -0.05) is 0 Å². The Balaban J connectivity index is 1.63. The van der Waals surface area contributed by atoms with Crippen LogP contribution in [0, 0.1) is 5.82 Å². The lowest BCUT2D eigenvalue weighted by molar-refractivity contribution is -0.129. The number of nitrogens with zero attached hydrogens (tertiary/aromatic N) is 3. The van der Waals surface area contributed by atoms with Crippen LogP contribution in [0.3, 0.4) is 0 Å². The number of urea groups is 1. The van der Waals surface area contributed by atoms with Crippen molar-refractivity contribution in [2.75, 3.05) is 42.6 Å². The second-order valence-corrected chi connectivity index (χ2v) is 6.90. The molecule has 2 aliphatic heterocycles. The molecule has 2 heterocycles. The maximum atomic E-state index is 14.8. The number of ketones is 1. The lowest BCUT2D eigenvalue weighted by atomic mass is 10.1. The highest BCUT2D eigenvalue weighted by Gasteiger charge is 2.33. The van der Waals surface area contributed by atoms with E-state index in [2.05, 4.69) is 0 Å². The topological polar surface area (TPSA) is 112 Å². The molecule has 0 spiro atoms. The fourth-order valence-corrected chi connectivity index (χ4v) is 3.32. The van der Waals surface area contributed by atoms with E-state index in [0.29, 0.717) is 0 Å². The number of Topliss-reactive ketones (excluding diaryl/α,β-unsaturated/α-hetero) is 1. The first-order chi connectivity index (χ1) is 14.8. The van der Waals surface area contributed by atoms with Gasteiger partial charge in [-0.2, -0.15) is 5.06 Å². The van der Waals surface area contributed by atoms with Crippen molar-refractivity contribution in [3.8, 4) is 0 Å². The largest absolute Gasteiger partial charge is 0.444 e. The molecular weight excluding hydrogens is 425 g/mol. The number of benzene rings is 1. The summed E-state index contributed by atoms with van der Waals surface area (Å²) in [7, 11) is 0. The molecule has 13 heteroatoms. The molecule has 10 nitrogen and oxygen atoms in total. The molecule has 1 aromatic rings. The lowest BCUT2D eigenvalue weighted by Gasteiger charge is -2.23. The minimum absolute atomic E-state index is 0.0108. The first-order valence-electron chi connectivity index (χ1n) is 9.48. The zero-order chi connectivity index (χ0) is 22.5. The maximum Gasteiger partial charge on any atom is 0.414 e. The molecule has 31 heavy (non-hydrogen) atoms. The molecule has 2 aliphatic rings. The Kier molecular flexibility index (Phi) is 7.17. The number of carbonyl (C=O) groups is 3. The van der Waals surface area contributed by atoms with Crippen LogP contribution in [0.2, 0.25) is 0 Å². The molecule has 2 saturated heterocycles. The van der Waals surface area contributed by atoms with Crippen LogP contribution in [-0.4, -0.2) is 73.5 Å². The summed E-state index contributed by atoms with van der Waals surface area (Å²) < 4.78 is 44.5. The lowest BCUT2D eigenvalue weighted by Crippen LogP contribution is -2.40. The number of amides is 3. The predicted octanol–water partition coefficient (Wildman–Crippen LogP) is 1.92. The van der Waals surface area contributed by atoms with E-state index < -0.39 is 42.7 Å². The van der Waals surface area contributed by atoms with Crippen molar-refractivity contribution in [3.05, 3.63) is 24.0 Å². The quantitative estimate of drug-likeness (QED) is 0.507. The zero-order valence-electron chi connectivity index (χ0n) is 16.3. The van der Waals surface area contributed by atoms with Crippen molar-refractivity contribution in [1.82, 2.24) is 10.5 Å². The van der Waals surface area contributed by atoms with Crippen LogP contribution < -0.4 is 15.3 Å². The molecule has 170 valence electrons. The van der Waals surface area contributed by atoms with Crippen LogP contribution in [-0.2, 0) is 14.4 Å². The number of rotatable bonds is 6. The third-order valence-electron chi connectivity index (χ3n) is 4.92. The Morgan fingerprint density at radius 3 is 2.71 bits per heavy atom. The van der Waals surface area contributed by atoms with Gasteiger partial charge in [0.2, 0.25) is 0 Å². The van der Waals surface area contributed by atoms with Gasteiger partial charge in [-0.05, 0) is 24.6 Å². The summed E-state index contributed by atoms with van der Waals surface area (Å²) in [6.07, 6.45) is -5.03. The Labute approximate surface area is 175 Å². The molecular formula is C18H21F3N4O6. The number of cyclic esters (lactones) is 1. The number of hydrogen-bond acceptors (Lipinski definition) is 7. The van der Waals surface area contributed by atoms with Crippen LogP contribution in [0.4, 0.5) is 34.1 Å². The van der Waals surface area contributed by atoms with Gasteiger partial charge in [0.05, 0.1) is 31.1 Å². The first-order valence-corrected chi connectivity index (χ1v) is 9.48. The van der Waals surface area contributed by atoms with Crippen LogP contribution in [0.25, 0.3) is 0 Å². The maximum absolute atomic E-state index is 14.8. The van der Waals surface area contributed by atoms with Gasteiger partial charge < -0.3 is 9.64 Å². The standard InChI is InChI=1S/C18H21F3N4O6/c19-13-9-11(24-10-12(31-18(24)28)2-4-15(26)16(20)21)1-3-14(13)23-5-6-25(17(27)22-29)30-8-7-23/h1,3,9,12,16,29H,2,4-8,10H2,(H,22,27)/t12-/m0/s1. The number of anilines is 2. The van der Waals surface area contributed by atoms with Gasteiger partial charge in [-0.15, -0.1) is 0 Å². The average molecular weight is 446 g/mol. The Morgan fingerprint density at radius 1 is 1.26 bits per heavy atom. The van der Waals surface area contributed by atoms with Crippen molar-refractivity contribution in [3.63, 3.8) is 0 Å². The van der Waals surface area contributed by atoms with Gasteiger partial charge in [-0.3, -0.25) is 19.7 Å². The minimum Gasteiger partial charge on any atom is -0.444 e. The van der Waals surface area contributed by atoms with Gasteiger partial charge in [0, 0.05) is 19.5 Å². The normalized spacial score (nSPS) is 19.5. The predicted molar refractivity (Wildman–Crippen MR) is 99.4 cm³/mol. The van der Waals surface area contributed by atoms with Crippen molar-refractivity contribution in [1.29, 1.82) is 0 Å². The number of hydrogen-bond donors (Lipinski definition) is 2. The van der Waals surface area contributed by atoms with Crippen molar-refractivity contribution < 1.29 is 42.3 Å². The van der Waals surface area contributed by atoms with Crippen LogP contribution in [0.5, 0.6) is 0 Å². The van der Waals surface area contributed by atoms with Crippen LogP contribution in [0.15, 0.2) is 18.2 Å². The Morgan fingerprint density at radius 2 is 2.03 bits per heavy atom. The number of ether oxygens (including phenoxy) is 1. The molecule has 0 radical (unpaired) electrons. The van der Waals surface area contributed by atoms with Crippen LogP contribution in [0.1, 0.15) is 12.8 Å². The summed E-state index contributed by atoms with van der Waals surface area (Å²) in [6.45, 7) is 0.668. The number of carbonyl (C=O) groups excluding carboxylic acids is 3. The van der Waals surface area contributed by atoms with E-state index in [-0.39, 0.29) is 50.6 Å². The number of nitrogens with one attached hydrogen (secondary N) is 1. The molecule has 1 aromatic carbocycles. The van der Waals surface area contributed by atoms with E-state index in [1.54, 1.807) is 4.90 Å². The summed E-state index contributed by atoms with van der Waals surface area (Å²) in [5.74, 6) is -1.84. The summed E-state index contributed by atoms with van der Waals surface area (Å²) in [5, 5.41) is 9.60. The second-order valence-electron chi connectivity index (χ2n) is 6.90. The highest BCUT2D eigenvalue weighted by molar-refractivity contribution is 5.90. The highest BCUT2D eigenvalue weighted by atomic mass is 19.3. The molecule has 1 atom stereocenters. The molecule has 0 aromatic heterocycles. The number of halogens is 3. The van der Waals surface area contributed by atoms with E-state index in [9.17, 15) is 27.6 Å². The zero-order valence-corrected chi connectivity index (χ0v) is 16.3. The second kappa shape index (κ2) is 9.83. The fourth-order valence-electron chi connectivity index (χ4n) is 3.32. The summed E-state index contributed by atoms with van der Waals surface area (Å²) >= 11 is 0. The van der Waals surface area contributed by atoms with Gasteiger partial charge >= 0.3 is 12.1 Å². The van der Waals surface area contributed by atoms with Crippen molar-refractivity contribution in [2.45, 2.75) is 25.4 Å². The molecule has 0 unspecified atom stereocenters. The monoisotopic (exact) mass is 446 g/mol. The van der Waals surface area contributed by atoms with Crippen LogP contribution >= 0.6 is 0 Å². The first kappa shape index (κ1) is 22.6. The van der Waals surface area contributed by atoms with E-state index in [4.69, 9.17) is 14.8 Å². The molecule has 0 saturated carbocycles. The minimum atomic E-state index is -3.07. The number of alkyl halides is 2. The van der Waals surface area contributed by atoms with Gasteiger partial charge in [0.1, 0.15) is 11.9 Å². The van der Waals surface area contributed by atoms with E-state index in [1.807, 2.05) is 0 Å². The molecule has 0 bridgehead atoms. The Bertz CT molecular complexity index is 843. The molecule has 2 fully saturated rings. The molecule has 2 N–H and O–H groups in total. The number of hydroxylamine groups is 3. The van der Waals surface area contributed by atoms with E-state index in [0.717, 1.165) is 11.1 Å². The third kappa shape index (κ3) is 5.35. The van der Waals surface area contributed by atoms with E-state index in [1.165, 1.54) is 22.5 Å². The molecule has 3 amide bonds. The van der Waals surface area contributed by atoms with Gasteiger partial charge in [-0.25, -0.2) is 28.2 Å². The van der Waals surface area contributed by atoms with Gasteiger partial charge in [0.15, 0.2) is 5.78 Å². The summed E-state index contributed by atoms with van der Waals surface area (Å²) in [5.41, 5.74) is 1.91. The highest BCUT2D eigenvalue weighted by Crippen LogP contribution is 2.29. The fraction of sp³-hybridized carbons (Fsp3) is 0.500. The van der Waals surface area contributed by atoms with Gasteiger partial charge in [0.25, 0.3) is 6.43 Å². The third-order valence-corrected chi connectivity index (χ3v) is 4.92. The summed E-state index contributed by atoms with van der Waals surface area (Å²) in [6, 6.07) is 3.28. The van der Waals surface area contributed by atoms with Crippen molar-refractivity contribution >= 4 is 29.3 Å². The SMILES string of the molecule is O=C(CC[C@H]1CN(c2ccc(N3CCON(C(=O)NO)CC3)c(F)c2)C(=O)O1)C(F)F. The smallest absolute Gasteiger partial charge is 0.414 e. The van der Waals surface area contributed by atoms with E-state index >= 15 is 0 Å². The average Bonchev–Trinajstić information content (AvgIpc) is 2.95. The molecule has 0 aliphatic carbocycles. The Hall–Kier alpha value is -3.06. The van der Waals surface area contributed by atoms with Crippen molar-refractivity contribution in [2.24, 2.45) is 0 Å².